The number of hydrogen-bond donors (Lipinski definition) is 1. The number of nitrogens with zero attached hydrogens (tertiary/aromatic N) is 1. The third-order valence-corrected chi connectivity index (χ3v) is 3.35. The van der Waals surface area contributed by atoms with Crippen molar-refractivity contribution in [1.82, 2.24) is 10.2 Å². The predicted molar refractivity (Wildman–Crippen MR) is 83.7 cm³/mol. The Balaban J connectivity index is 2.01. The summed E-state index contributed by atoms with van der Waals surface area (Å²) in [7, 11) is 3.83. The molecule has 0 unspecified atom stereocenters. The van der Waals surface area contributed by atoms with E-state index in [4.69, 9.17) is 9.47 Å². The van der Waals surface area contributed by atoms with Gasteiger partial charge < -0.3 is 19.7 Å². The van der Waals surface area contributed by atoms with Gasteiger partial charge >= 0.3 is 0 Å². The van der Waals surface area contributed by atoms with E-state index in [2.05, 4.69) is 31.1 Å². The average molecular weight is 280 g/mol. The zero-order chi connectivity index (χ0) is 14.8. The molecule has 0 spiro atoms. The van der Waals surface area contributed by atoms with Crippen molar-refractivity contribution in [2.75, 3.05) is 40.4 Å². The van der Waals surface area contributed by atoms with Crippen molar-refractivity contribution in [3.8, 4) is 11.5 Å². The maximum atomic E-state index is 5.64. The van der Waals surface area contributed by atoms with Gasteiger partial charge in [-0.3, -0.25) is 0 Å². The fourth-order valence-corrected chi connectivity index (χ4v) is 1.75. The maximum Gasteiger partial charge on any atom is 0.119 e. The minimum atomic E-state index is 0.619. The molecular formula is C16H28N2O2. The largest absolute Gasteiger partial charge is 0.497 e. The fraction of sp³-hybridized carbons (Fsp3) is 0.625. The van der Waals surface area contributed by atoms with Crippen molar-refractivity contribution in [3.05, 3.63) is 24.3 Å². The molecule has 20 heavy (non-hydrogen) atoms. The van der Waals surface area contributed by atoms with Crippen molar-refractivity contribution in [2.24, 2.45) is 0 Å². The van der Waals surface area contributed by atoms with E-state index in [0.717, 1.165) is 37.6 Å². The Morgan fingerprint density at radius 1 is 1.10 bits per heavy atom. The molecule has 0 fully saturated rings. The van der Waals surface area contributed by atoms with Gasteiger partial charge in [-0.25, -0.2) is 0 Å². The first kappa shape index (κ1) is 16.8. The molecule has 4 heteroatoms. The van der Waals surface area contributed by atoms with Gasteiger partial charge in [-0.15, -0.1) is 0 Å². The summed E-state index contributed by atoms with van der Waals surface area (Å²) >= 11 is 0. The van der Waals surface area contributed by atoms with Gasteiger partial charge in [0, 0.05) is 12.6 Å². The highest BCUT2D eigenvalue weighted by Gasteiger charge is 2.01. The normalized spacial score (nSPS) is 11.1. The van der Waals surface area contributed by atoms with Crippen molar-refractivity contribution >= 4 is 0 Å². The maximum absolute atomic E-state index is 5.64. The molecule has 4 nitrogen and oxygen atoms in total. The summed E-state index contributed by atoms with van der Waals surface area (Å²) in [5, 5.41) is 3.40. The van der Waals surface area contributed by atoms with Crippen molar-refractivity contribution in [2.45, 2.75) is 26.3 Å². The van der Waals surface area contributed by atoms with Gasteiger partial charge in [0.25, 0.3) is 0 Å². The number of benzene rings is 1. The molecule has 0 bridgehead atoms. The van der Waals surface area contributed by atoms with E-state index in [1.807, 2.05) is 24.3 Å². The van der Waals surface area contributed by atoms with Crippen LogP contribution < -0.4 is 14.8 Å². The molecule has 0 aromatic heterocycles. The highest BCUT2D eigenvalue weighted by molar-refractivity contribution is 5.31. The minimum Gasteiger partial charge on any atom is -0.497 e. The number of hydrogen-bond acceptors (Lipinski definition) is 4. The lowest BCUT2D eigenvalue weighted by Crippen LogP contribution is -2.30. The SMILES string of the molecule is COc1ccc(OCCNCCCN(C)C(C)C)cc1. The third-order valence-electron chi connectivity index (χ3n) is 3.35. The highest BCUT2D eigenvalue weighted by Crippen LogP contribution is 2.16. The van der Waals surface area contributed by atoms with Gasteiger partial charge in [-0.2, -0.15) is 0 Å². The molecule has 0 aliphatic heterocycles. The molecule has 1 aromatic carbocycles. The van der Waals surface area contributed by atoms with E-state index in [1.54, 1.807) is 7.11 Å². The minimum absolute atomic E-state index is 0.619. The van der Waals surface area contributed by atoms with Crippen molar-refractivity contribution < 1.29 is 9.47 Å². The first-order chi connectivity index (χ1) is 9.63. The Labute approximate surface area is 123 Å². The summed E-state index contributed by atoms with van der Waals surface area (Å²) in [6.07, 6.45) is 1.16. The molecule has 1 rings (SSSR count). The number of methoxy groups -OCH3 is 1. The second-order valence-electron chi connectivity index (χ2n) is 5.20. The standard InChI is InChI=1S/C16H28N2O2/c1-14(2)18(3)12-5-10-17-11-13-20-16-8-6-15(19-4)7-9-16/h6-9,14,17H,5,10-13H2,1-4H3. The van der Waals surface area contributed by atoms with Gasteiger partial charge in [0.05, 0.1) is 7.11 Å². The molecule has 1 aromatic rings. The molecule has 0 amide bonds. The summed E-state index contributed by atoms with van der Waals surface area (Å²) in [6.45, 7) is 8.16. The molecule has 0 aliphatic carbocycles. The number of rotatable bonds is 10. The van der Waals surface area contributed by atoms with Crippen LogP contribution in [0.5, 0.6) is 11.5 Å². The summed E-state index contributed by atoms with van der Waals surface area (Å²) in [4.78, 5) is 2.36. The van der Waals surface area contributed by atoms with Crippen LogP contribution >= 0.6 is 0 Å². The van der Waals surface area contributed by atoms with Gasteiger partial charge in [-0.05, 0) is 64.7 Å². The van der Waals surface area contributed by atoms with E-state index in [0.29, 0.717) is 12.6 Å². The van der Waals surface area contributed by atoms with Crippen LogP contribution in [0.4, 0.5) is 0 Å². The van der Waals surface area contributed by atoms with Crippen LogP contribution in [-0.2, 0) is 0 Å². The van der Waals surface area contributed by atoms with Crippen molar-refractivity contribution in [1.29, 1.82) is 0 Å². The van der Waals surface area contributed by atoms with E-state index in [9.17, 15) is 0 Å². The van der Waals surface area contributed by atoms with E-state index in [1.165, 1.54) is 0 Å². The fourth-order valence-electron chi connectivity index (χ4n) is 1.75. The third kappa shape index (κ3) is 6.78. The molecule has 0 atom stereocenters. The Bertz CT molecular complexity index is 352. The predicted octanol–water partition coefficient (Wildman–Crippen LogP) is 2.39. The lowest BCUT2D eigenvalue weighted by Gasteiger charge is -2.20. The van der Waals surface area contributed by atoms with Crippen molar-refractivity contribution in [3.63, 3.8) is 0 Å². The quantitative estimate of drug-likeness (QED) is 0.667. The van der Waals surface area contributed by atoms with Crippen LogP contribution in [0.15, 0.2) is 24.3 Å². The first-order valence-corrected chi connectivity index (χ1v) is 7.31. The van der Waals surface area contributed by atoms with E-state index >= 15 is 0 Å². The Hall–Kier alpha value is -1.26. The van der Waals surface area contributed by atoms with Gasteiger partial charge in [0.2, 0.25) is 0 Å². The van der Waals surface area contributed by atoms with Crippen LogP contribution in [-0.4, -0.2) is 51.3 Å². The monoisotopic (exact) mass is 280 g/mol. The van der Waals surface area contributed by atoms with Gasteiger partial charge in [0.1, 0.15) is 18.1 Å². The second-order valence-corrected chi connectivity index (χ2v) is 5.20. The van der Waals surface area contributed by atoms with Crippen LogP contribution in [0, 0.1) is 0 Å². The molecule has 0 saturated heterocycles. The highest BCUT2D eigenvalue weighted by atomic mass is 16.5. The van der Waals surface area contributed by atoms with Crippen LogP contribution in [0.3, 0.4) is 0 Å². The van der Waals surface area contributed by atoms with Crippen LogP contribution in [0.25, 0.3) is 0 Å². The Morgan fingerprint density at radius 2 is 1.75 bits per heavy atom. The Kier molecular flexibility index (Phi) is 8.07. The molecule has 0 aliphatic rings. The lowest BCUT2D eigenvalue weighted by atomic mass is 10.3. The molecule has 0 radical (unpaired) electrons. The van der Waals surface area contributed by atoms with Gasteiger partial charge in [0.15, 0.2) is 0 Å². The van der Waals surface area contributed by atoms with Crippen LogP contribution in [0.2, 0.25) is 0 Å². The smallest absolute Gasteiger partial charge is 0.119 e. The Morgan fingerprint density at radius 3 is 2.35 bits per heavy atom. The second kappa shape index (κ2) is 9.61. The van der Waals surface area contributed by atoms with E-state index < -0.39 is 0 Å². The summed E-state index contributed by atoms with van der Waals surface area (Å²) < 4.78 is 10.7. The van der Waals surface area contributed by atoms with Crippen LogP contribution in [0.1, 0.15) is 20.3 Å². The summed E-state index contributed by atoms with van der Waals surface area (Å²) in [5.74, 6) is 1.73. The number of nitrogens with one attached hydrogen (secondary N) is 1. The number of ether oxygens (including phenoxy) is 2. The summed E-state index contributed by atoms with van der Waals surface area (Å²) in [5.41, 5.74) is 0. The zero-order valence-corrected chi connectivity index (χ0v) is 13.2. The molecule has 114 valence electrons. The molecular weight excluding hydrogens is 252 g/mol. The molecule has 1 N–H and O–H groups in total. The molecule has 0 heterocycles. The topological polar surface area (TPSA) is 33.7 Å². The zero-order valence-electron chi connectivity index (χ0n) is 13.2. The lowest BCUT2D eigenvalue weighted by molar-refractivity contribution is 0.266. The summed E-state index contributed by atoms with van der Waals surface area (Å²) in [6, 6.07) is 8.29. The first-order valence-electron chi connectivity index (χ1n) is 7.31. The average Bonchev–Trinajstić information content (AvgIpc) is 2.46. The molecule has 0 saturated carbocycles. The van der Waals surface area contributed by atoms with Gasteiger partial charge in [-0.1, -0.05) is 0 Å². The van der Waals surface area contributed by atoms with E-state index in [-0.39, 0.29) is 0 Å².